The van der Waals surface area contributed by atoms with Gasteiger partial charge in [0.05, 0.1) is 0 Å². The number of hydrogen-bond donors (Lipinski definition) is 2. The first kappa shape index (κ1) is 17.7. The molecule has 0 aliphatic carbocycles. The molecule has 0 radical (unpaired) electrons. The van der Waals surface area contributed by atoms with E-state index in [1.807, 2.05) is 0 Å². The van der Waals surface area contributed by atoms with E-state index in [2.05, 4.69) is 90.2 Å². The molecule has 0 bridgehead atoms. The number of hydrogen-bond acceptors (Lipinski definition) is 2. The van der Waals surface area contributed by atoms with Gasteiger partial charge < -0.3 is 11.1 Å². The molecule has 0 spiro atoms. The van der Waals surface area contributed by atoms with Crippen LogP contribution in [0.1, 0.15) is 17.5 Å². The molecule has 4 aromatic carbocycles. The fraction of sp³-hybridized carbons (Fsp3) is 0.200. The molecule has 0 aliphatic rings. The number of fused-ring (bicyclic) bond motifs is 2. The van der Waals surface area contributed by atoms with Crippen molar-refractivity contribution in [2.75, 3.05) is 6.54 Å². The maximum absolute atomic E-state index is 6.38. The van der Waals surface area contributed by atoms with Crippen molar-refractivity contribution in [3.8, 4) is 0 Å². The molecule has 0 amide bonds. The number of nitrogens with two attached hydrogens (primary N) is 1. The van der Waals surface area contributed by atoms with E-state index >= 15 is 0 Å². The predicted octanol–water partition coefficient (Wildman–Crippen LogP) is 5.04. The Labute approximate surface area is 161 Å². The standard InChI is InChI=1S/C25H26N2/c26-23(16-15-21-11-5-9-19-7-1-3-13-24(19)21)18-27-17-22-12-6-10-20-8-2-4-14-25(20)22/h1-14,23,27H,15-18,26H2. The Hall–Kier alpha value is -2.68. The largest absolute Gasteiger partial charge is 0.327 e. The van der Waals surface area contributed by atoms with Crippen LogP contribution in [0.5, 0.6) is 0 Å². The third-order valence-electron chi connectivity index (χ3n) is 5.27. The molecule has 0 aliphatic heterocycles. The van der Waals surface area contributed by atoms with Gasteiger partial charge in [0.25, 0.3) is 0 Å². The monoisotopic (exact) mass is 354 g/mol. The van der Waals surface area contributed by atoms with Crippen molar-refractivity contribution in [1.82, 2.24) is 5.32 Å². The molecule has 27 heavy (non-hydrogen) atoms. The highest BCUT2D eigenvalue weighted by Crippen LogP contribution is 2.20. The third-order valence-corrected chi connectivity index (χ3v) is 5.27. The van der Waals surface area contributed by atoms with E-state index in [1.54, 1.807) is 0 Å². The lowest BCUT2D eigenvalue weighted by atomic mass is 9.99. The number of benzene rings is 4. The molecular weight excluding hydrogens is 328 g/mol. The van der Waals surface area contributed by atoms with Crippen LogP contribution in [-0.2, 0) is 13.0 Å². The molecule has 4 aromatic rings. The summed E-state index contributed by atoms with van der Waals surface area (Å²) in [4.78, 5) is 0. The summed E-state index contributed by atoms with van der Waals surface area (Å²) in [6.07, 6.45) is 2.00. The molecule has 2 nitrogen and oxygen atoms in total. The van der Waals surface area contributed by atoms with Crippen LogP contribution in [0, 0.1) is 0 Å². The Morgan fingerprint density at radius 2 is 1.22 bits per heavy atom. The molecule has 136 valence electrons. The molecule has 2 heteroatoms. The average molecular weight is 354 g/mol. The lowest BCUT2D eigenvalue weighted by Gasteiger charge is -2.14. The maximum Gasteiger partial charge on any atom is 0.0212 e. The molecule has 0 aromatic heterocycles. The van der Waals surface area contributed by atoms with Gasteiger partial charge in [0.2, 0.25) is 0 Å². The Kier molecular flexibility index (Phi) is 5.47. The van der Waals surface area contributed by atoms with Crippen LogP contribution in [0.4, 0.5) is 0 Å². The summed E-state index contributed by atoms with van der Waals surface area (Å²) in [5.74, 6) is 0. The van der Waals surface area contributed by atoms with E-state index in [0.29, 0.717) is 0 Å². The van der Waals surface area contributed by atoms with Crippen molar-refractivity contribution in [2.45, 2.75) is 25.4 Å². The van der Waals surface area contributed by atoms with Crippen molar-refractivity contribution in [3.05, 3.63) is 96.1 Å². The van der Waals surface area contributed by atoms with Crippen LogP contribution in [0.25, 0.3) is 21.5 Å². The van der Waals surface area contributed by atoms with Gasteiger partial charge in [0.1, 0.15) is 0 Å². The highest BCUT2D eigenvalue weighted by Gasteiger charge is 2.06. The van der Waals surface area contributed by atoms with Gasteiger partial charge in [0, 0.05) is 19.1 Å². The Morgan fingerprint density at radius 1 is 0.667 bits per heavy atom. The van der Waals surface area contributed by atoms with E-state index < -0.39 is 0 Å². The van der Waals surface area contributed by atoms with Gasteiger partial charge in [-0.1, -0.05) is 84.9 Å². The van der Waals surface area contributed by atoms with Crippen LogP contribution in [0.3, 0.4) is 0 Å². The van der Waals surface area contributed by atoms with Crippen molar-refractivity contribution in [2.24, 2.45) is 5.73 Å². The lowest BCUT2D eigenvalue weighted by Crippen LogP contribution is -2.34. The van der Waals surface area contributed by atoms with E-state index in [-0.39, 0.29) is 6.04 Å². The molecule has 0 saturated carbocycles. The summed E-state index contributed by atoms with van der Waals surface area (Å²) >= 11 is 0. The summed E-state index contributed by atoms with van der Waals surface area (Å²) in [5.41, 5.74) is 9.09. The van der Waals surface area contributed by atoms with E-state index in [9.17, 15) is 0 Å². The molecule has 0 heterocycles. The normalized spacial score (nSPS) is 12.5. The minimum absolute atomic E-state index is 0.152. The van der Waals surface area contributed by atoms with Crippen molar-refractivity contribution < 1.29 is 0 Å². The van der Waals surface area contributed by atoms with Gasteiger partial charge in [0.15, 0.2) is 0 Å². The second-order valence-corrected chi connectivity index (χ2v) is 7.21. The zero-order valence-corrected chi connectivity index (χ0v) is 15.6. The quantitative estimate of drug-likeness (QED) is 0.488. The van der Waals surface area contributed by atoms with Crippen molar-refractivity contribution in [1.29, 1.82) is 0 Å². The maximum atomic E-state index is 6.38. The zero-order valence-electron chi connectivity index (χ0n) is 15.6. The molecule has 4 rings (SSSR count). The summed E-state index contributed by atoms with van der Waals surface area (Å²) in [6.45, 7) is 1.68. The van der Waals surface area contributed by atoms with Gasteiger partial charge in [-0.2, -0.15) is 0 Å². The third kappa shape index (κ3) is 4.19. The zero-order chi connectivity index (χ0) is 18.5. The van der Waals surface area contributed by atoms with Crippen LogP contribution >= 0.6 is 0 Å². The minimum Gasteiger partial charge on any atom is -0.327 e. The van der Waals surface area contributed by atoms with Crippen LogP contribution in [-0.4, -0.2) is 12.6 Å². The van der Waals surface area contributed by atoms with Gasteiger partial charge in [-0.15, -0.1) is 0 Å². The summed E-state index contributed by atoms with van der Waals surface area (Å²) in [7, 11) is 0. The molecule has 1 atom stereocenters. The highest BCUT2D eigenvalue weighted by atomic mass is 14.9. The first-order chi connectivity index (χ1) is 13.3. The molecule has 0 saturated heterocycles. The Balaban J connectivity index is 1.33. The highest BCUT2D eigenvalue weighted by molar-refractivity contribution is 5.86. The topological polar surface area (TPSA) is 38.0 Å². The van der Waals surface area contributed by atoms with Gasteiger partial charge in [-0.25, -0.2) is 0 Å². The summed E-state index contributed by atoms with van der Waals surface area (Å²) < 4.78 is 0. The Morgan fingerprint density at radius 3 is 1.93 bits per heavy atom. The fourth-order valence-corrected chi connectivity index (χ4v) is 3.79. The molecule has 0 fully saturated rings. The SMILES string of the molecule is NC(CCc1cccc2ccccc12)CNCc1cccc2ccccc12. The second-order valence-electron chi connectivity index (χ2n) is 7.21. The van der Waals surface area contributed by atoms with Crippen LogP contribution in [0.2, 0.25) is 0 Å². The number of nitrogens with one attached hydrogen (secondary N) is 1. The minimum atomic E-state index is 0.152. The molecule has 1 unspecified atom stereocenters. The first-order valence-electron chi connectivity index (χ1n) is 9.71. The molecular formula is C25H26N2. The van der Waals surface area contributed by atoms with Crippen molar-refractivity contribution >= 4 is 21.5 Å². The second kappa shape index (κ2) is 8.34. The smallest absolute Gasteiger partial charge is 0.0212 e. The fourth-order valence-electron chi connectivity index (χ4n) is 3.79. The lowest BCUT2D eigenvalue weighted by molar-refractivity contribution is 0.546. The van der Waals surface area contributed by atoms with Gasteiger partial charge in [-0.3, -0.25) is 0 Å². The van der Waals surface area contributed by atoms with Crippen LogP contribution in [0.15, 0.2) is 84.9 Å². The van der Waals surface area contributed by atoms with Crippen LogP contribution < -0.4 is 11.1 Å². The predicted molar refractivity (Wildman–Crippen MR) is 116 cm³/mol. The van der Waals surface area contributed by atoms with E-state index in [0.717, 1.165) is 25.9 Å². The molecule has 3 N–H and O–H groups in total. The van der Waals surface area contributed by atoms with Gasteiger partial charge >= 0.3 is 0 Å². The van der Waals surface area contributed by atoms with E-state index in [4.69, 9.17) is 5.73 Å². The first-order valence-corrected chi connectivity index (χ1v) is 9.71. The number of rotatable bonds is 7. The van der Waals surface area contributed by atoms with E-state index in [1.165, 1.54) is 32.7 Å². The average Bonchev–Trinajstić information content (AvgIpc) is 2.72. The van der Waals surface area contributed by atoms with Crippen molar-refractivity contribution in [3.63, 3.8) is 0 Å². The number of aryl methyl sites for hydroxylation is 1. The summed E-state index contributed by atoms with van der Waals surface area (Å²) in [6, 6.07) is 30.3. The Bertz CT molecular complexity index is 1030. The van der Waals surface area contributed by atoms with Gasteiger partial charge in [-0.05, 0) is 45.5 Å². The summed E-state index contributed by atoms with van der Waals surface area (Å²) in [5, 5.41) is 8.79.